The van der Waals surface area contributed by atoms with Crippen molar-refractivity contribution in [1.82, 2.24) is 14.8 Å². The number of halogens is 3. The number of amides is 1. The number of benzene rings is 1. The average Bonchev–Trinajstić information content (AvgIpc) is 2.81. The van der Waals surface area contributed by atoms with E-state index in [1.54, 1.807) is 0 Å². The lowest BCUT2D eigenvalue weighted by atomic mass is 9.96. The van der Waals surface area contributed by atoms with Gasteiger partial charge in [-0.2, -0.15) is 0 Å². The number of piperazine rings is 1. The van der Waals surface area contributed by atoms with E-state index in [9.17, 15) is 4.79 Å². The summed E-state index contributed by atoms with van der Waals surface area (Å²) >= 11 is 13.6. The molecular formula is C19H18Br2ClN3O. The molecule has 1 aromatic carbocycles. The zero-order chi connectivity index (χ0) is 18.3. The quantitative estimate of drug-likeness (QED) is 0.581. The molecule has 1 amide bonds. The van der Waals surface area contributed by atoms with Crippen LogP contribution in [-0.2, 0) is 17.6 Å². The normalized spacial score (nSPS) is 20.3. The zero-order valence-electron chi connectivity index (χ0n) is 14.1. The van der Waals surface area contributed by atoms with Gasteiger partial charge in [-0.3, -0.25) is 14.7 Å². The number of nitrogens with zero attached hydrogens (tertiary/aromatic N) is 3. The van der Waals surface area contributed by atoms with Crippen LogP contribution in [0.25, 0.3) is 0 Å². The molecule has 26 heavy (non-hydrogen) atoms. The summed E-state index contributed by atoms with van der Waals surface area (Å²) in [5.41, 5.74) is 4.89. The second kappa shape index (κ2) is 7.58. The minimum atomic E-state index is 0.0815. The Balaban J connectivity index is 1.83. The first-order valence-electron chi connectivity index (χ1n) is 8.63. The third-order valence-corrected chi connectivity index (χ3v) is 7.14. The number of hydrogen-bond donors (Lipinski definition) is 0. The van der Waals surface area contributed by atoms with E-state index in [4.69, 9.17) is 16.6 Å². The fourth-order valence-electron chi connectivity index (χ4n) is 3.93. The molecule has 0 saturated carbocycles. The van der Waals surface area contributed by atoms with Gasteiger partial charge >= 0.3 is 0 Å². The van der Waals surface area contributed by atoms with E-state index in [1.807, 2.05) is 17.2 Å². The highest BCUT2D eigenvalue weighted by Gasteiger charge is 2.33. The lowest BCUT2D eigenvalue weighted by molar-refractivity contribution is -0.119. The number of rotatable bonds is 2. The summed E-state index contributed by atoms with van der Waals surface area (Å²) in [7, 11) is 0. The second-order valence-electron chi connectivity index (χ2n) is 6.71. The second-order valence-corrected chi connectivity index (χ2v) is 8.82. The van der Waals surface area contributed by atoms with Crippen molar-refractivity contribution >= 4 is 49.9 Å². The van der Waals surface area contributed by atoms with Crippen molar-refractivity contribution in [1.29, 1.82) is 0 Å². The number of carbonyl (C=O) groups excluding carboxylic acids is 1. The Hall–Kier alpha value is -0.950. The molecule has 0 radical (unpaired) electrons. The van der Waals surface area contributed by atoms with Crippen LogP contribution >= 0.6 is 43.5 Å². The lowest BCUT2D eigenvalue weighted by Crippen LogP contribution is -2.47. The van der Waals surface area contributed by atoms with Crippen LogP contribution in [0.5, 0.6) is 0 Å². The van der Waals surface area contributed by atoms with Crippen molar-refractivity contribution in [2.24, 2.45) is 0 Å². The molecule has 1 aliphatic carbocycles. The average molecular weight is 500 g/mol. The number of aromatic nitrogens is 1. The van der Waals surface area contributed by atoms with Gasteiger partial charge in [0, 0.05) is 41.3 Å². The van der Waals surface area contributed by atoms with E-state index < -0.39 is 0 Å². The Morgan fingerprint density at radius 3 is 2.65 bits per heavy atom. The molecule has 7 heteroatoms. The Morgan fingerprint density at radius 1 is 1.15 bits per heavy atom. The van der Waals surface area contributed by atoms with Crippen LogP contribution in [0.1, 0.15) is 28.4 Å². The van der Waals surface area contributed by atoms with Gasteiger partial charge in [-0.1, -0.05) is 17.7 Å². The Morgan fingerprint density at radius 2 is 1.92 bits per heavy atom. The zero-order valence-corrected chi connectivity index (χ0v) is 18.0. The highest BCUT2D eigenvalue weighted by molar-refractivity contribution is 9.10. The maximum Gasteiger partial charge on any atom is 0.209 e. The van der Waals surface area contributed by atoms with E-state index in [1.165, 1.54) is 16.7 Å². The van der Waals surface area contributed by atoms with E-state index in [0.29, 0.717) is 0 Å². The van der Waals surface area contributed by atoms with Crippen molar-refractivity contribution in [3.63, 3.8) is 0 Å². The van der Waals surface area contributed by atoms with Crippen LogP contribution in [0.15, 0.2) is 33.3 Å². The van der Waals surface area contributed by atoms with Gasteiger partial charge in [0.2, 0.25) is 6.41 Å². The van der Waals surface area contributed by atoms with Gasteiger partial charge in [-0.15, -0.1) is 0 Å². The van der Waals surface area contributed by atoms with Crippen LogP contribution in [0.3, 0.4) is 0 Å². The van der Waals surface area contributed by atoms with Crippen LogP contribution in [0.4, 0.5) is 0 Å². The van der Waals surface area contributed by atoms with Gasteiger partial charge in [0.1, 0.15) is 0 Å². The Bertz CT molecular complexity index is 853. The van der Waals surface area contributed by atoms with E-state index in [0.717, 1.165) is 65.1 Å². The number of aryl methyl sites for hydroxylation is 1. The molecule has 1 aromatic heterocycles. The maximum atomic E-state index is 11.1. The van der Waals surface area contributed by atoms with Crippen molar-refractivity contribution in [2.45, 2.75) is 18.9 Å². The molecule has 136 valence electrons. The first-order chi connectivity index (χ1) is 12.6. The molecule has 0 spiro atoms. The number of pyridine rings is 1. The SMILES string of the molecule is O=CN1CCN([C@@H]2c3ccc(Cl)c(Br)c3CCc3cc(Br)cnc32)CC1. The first-order valence-corrected chi connectivity index (χ1v) is 10.6. The van der Waals surface area contributed by atoms with Crippen molar-refractivity contribution in [2.75, 3.05) is 26.2 Å². The van der Waals surface area contributed by atoms with Gasteiger partial charge in [0.15, 0.2) is 0 Å². The Kier molecular flexibility index (Phi) is 5.37. The fourth-order valence-corrected chi connectivity index (χ4v) is 5.05. The number of carbonyl (C=O) groups is 1. The highest BCUT2D eigenvalue weighted by atomic mass is 79.9. The largest absolute Gasteiger partial charge is 0.343 e. The molecule has 0 N–H and O–H groups in total. The minimum Gasteiger partial charge on any atom is -0.343 e. The van der Waals surface area contributed by atoms with Crippen LogP contribution in [-0.4, -0.2) is 47.4 Å². The molecule has 0 unspecified atom stereocenters. The van der Waals surface area contributed by atoms with Gasteiger partial charge in [0.25, 0.3) is 0 Å². The smallest absolute Gasteiger partial charge is 0.209 e. The molecule has 4 rings (SSSR count). The molecule has 1 fully saturated rings. The molecule has 1 aliphatic heterocycles. The molecule has 2 aliphatic rings. The molecule has 2 heterocycles. The molecule has 1 saturated heterocycles. The predicted molar refractivity (Wildman–Crippen MR) is 110 cm³/mol. The highest BCUT2D eigenvalue weighted by Crippen LogP contribution is 2.41. The monoisotopic (exact) mass is 497 g/mol. The minimum absolute atomic E-state index is 0.0815. The Labute approximate surface area is 174 Å². The summed E-state index contributed by atoms with van der Waals surface area (Å²) in [6.45, 7) is 3.16. The topological polar surface area (TPSA) is 36.4 Å². The number of hydrogen-bond acceptors (Lipinski definition) is 3. The van der Waals surface area contributed by atoms with Crippen molar-refractivity contribution in [3.05, 3.63) is 60.7 Å². The summed E-state index contributed by atoms with van der Waals surface area (Å²) < 4.78 is 1.99. The van der Waals surface area contributed by atoms with Crippen molar-refractivity contribution in [3.8, 4) is 0 Å². The van der Waals surface area contributed by atoms with Crippen LogP contribution in [0, 0.1) is 0 Å². The lowest BCUT2D eigenvalue weighted by Gasteiger charge is -2.38. The fraction of sp³-hybridized carbons (Fsp3) is 0.368. The van der Waals surface area contributed by atoms with Crippen LogP contribution < -0.4 is 0 Å². The van der Waals surface area contributed by atoms with E-state index in [-0.39, 0.29) is 6.04 Å². The summed E-state index contributed by atoms with van der Waals surface area (Å²) in [5.74, 6) is 0. The molecular weight excluding hydrogens is 481 g/mol. The summed E-state index contributed by atoms with van der Waals surface area (Å²) in [6.07, 6.45) is 4.67. The third kappa shape index (κ3) is 3.33. The standard InChI is InChI=1S/C19H18Br2ClN3O/c20-13-9-12-1-2-14-15(3-4-16(22)17(14)21)19(18(12)23-10-13)25-7-5-24(11-26)6-8-25/h3-4,9-11,19H,1-2,5-8H2/t19-/m1/s1. The van der Waals surface area contributed by atoms with Gasteiger partial charge in [-0.05, 0) is 73.5 Å². The molecule has 2 aromatic rings. The van der Waals surface area contributed by atoms with Crippen LogP contribution in [0.2, 0.25) is 5.02 Å². The van der Waals surface area contributed by atoms with E-state index in [2.05, 4.69) is 48.9 Å². The first kappa shape index (κ1) is 18.4. The van der Waals surface area contributed by atoms with Gasteiger partial charge < -0.3 is 4.90 Å². The predicted octanol–water partition coefficient (Wildman–Crippen LogP) is 4.22. The third-order valence-electron chi connectivity index (χ3n) is 5.26. The van der Waals surface area contributed by atoms with Crippen molar-refractivity contribution < 1.29 is 4.79 Å². The summed E-state index contributed by atoms with van der Waals surface area (Å²) in [5, 5.41) is 0.744. The molecule has 0 bridgehead atoms. The number of fused-ring (bicyclic) bond motifs is 2. The maximum absolute atomic E-state index is 11.1. The molecule has 4 nitrogen and oxygen atoms in total. The summed E-state index contributed by atoms with van der Waals surface area (Å²) in [4.78, 5) is 20.2. The molecule has 1 atom stereocenters. The van der Waals surface area contributed by atoms with Gasteiger partial charge in [-0.25, -0.2) is 0 Å². The van der Waals surface area contributed by atoms with Gasteiger partial charge in [0.05, 0.1) is 16.8 Å². The van der Waals surface area contributed by atoms with E-state index >= 15 is 0 Å². The summed E-state index contributed by atoms with van der Waals surface area (Å²) in [6, 6.07) is 6.36.